The van der Waals surface area contributed by atoms with Crippen LogP contribution in [0.25, 0.3) is 5.52 Å². The molecule has 3 rings (SSSR count). The Bertz CT molecular complexity index is 671. The Morgan fingerprint density at radius 2 is 2.21 bits per heavy atom. The molecule has 1 N–H and O–H groups in total. The number of hydrogen-bond acceptors (Lipinski definition) is 4. The first-order valence-corrected chi connectivity index (χ1v) is 7.24. The minimum atomic E-state index is 0.814. The lowest BCUT2D eigenvalue weighted by atomic mass is 10.2. The Balaban J connectivity index is 1.63. The maximum Gasteiger partial charge on any atom is 0.107 e. The number of rotatable bonds is 5. The molecular formula is C14H16N4S. The summed E-state index contributed by atoms with van der Waals surface area (Å²) in [6.07, 6.45) is 6.91. The Labute approximate surface area is 116 Å². The highest BCUT2D eigenvalue weighted by atomic mass is 32.1. The fourth-order valence-corrected chi connectivity index (χ4v) is 2.85. The van der Waals surface area contributed by atoms with Crippen LogP contribution in [0.5, 0.6) is 0 Å². The highest BCUT2D eigenvalue weighted by molar-refractivity contribution is 7.11. The second kappa shape index (κ2) is 5.50. The van der Waals surface area contributed by atoms with E-state index in [4.69, 9.17) is 0 Å². The van der Waals surface area contributed by atoms with Crippen LogP contribution in [0.4, 0.5) is 0 Å². The van der Waals surface area contributed by atoms with E-state index < -0.39 is 0 Å². The highest BCUT2D eigenvalue weighted by Crippen LogP contribution is 2.14. The van der Waals surface area contributed by atoms with Crippen molar-refractivity contribution in [1.82, 2.24) is 19.9 Å². The van der Waals surface area contributed by atoms with Gasteiger partial charge in [-0.15, -0.1) is 11.3 Å². The third kappa shape index (κ3) is 2.67. The van der Waals surface area contributed by atoms with Crippen molar-refractivity contribution < 1.29 is 0 Å². The van der Waals surface area contributed by atoms with Gasteiger partial charge in [-0.2, -0.15) is 5.10 Å². The Morgan fingerprint density at radius 1 is 1.26 bits per heavy atom. The van der Waals surface area contributed by atoms with Crippen LogP contribution in [-0.2, 0) is 19.5 Å². The molecule has 0 spiro atoms. The van der Waals surface area contributed by atoms with Gasteiger partial charge in [0.15, 0.2) is 0 Å². The normalized spacial score (nSPS) is 11.2. The van der Waals surface area contributed by atoms with E-state index in [-0.39, 0.29) is 0 Å². The van der Waals surface area contributed by atoms with E-state index in [0.29, 0.717) is 0 Å². The van der Waals surface area contributed by atoms with E-state index in [2.05, 4.69) is 28.4 Å². The van der Waals surface area contributed by atoms with Crippen molar-refractivity contribution in [3.05, 3.63) is 52.2 Å². The van der Waals surface area contributed by atoms with Crippen molar-refractivity contribution in [2.45, 2.75) is 26.4 Å². The van der Waals surface area contributed by atoms with E-state index in [9.17, 15) is 0 Å². The van der Waals surface area contributed by atoms with Crippen LogP contribution in [0.1, 0.15) is 22.4 Å². The molecule has 0 aliphatic heterocycles. The largest absolute Gasteiger partial charge is 0.306 e. The predicted molar refractivity (Wildman–Crippen MR) is 77.2 cm³/mol. The number of hydrogen-bond donors (Lipinski definition) is 1. The number of pyridine rings is 1. The van der Waals surface area contributed by atoms with Gasteiger partial charge in [0.1, 0.15) is 5.01 Å². The molecule has 0 unspecified atom stereocenters. The standard InChI is InChI=1S/C14H16N4S/c1-2-12-9-16-14(19-12)10-15-7-11-8-17-18-6-4-3-5-13(11)18/h3-6,8-9,15H,2,7,10H2,1H3. The van der Waals surface area contributed by atoms with E-state index in [1.54, 1.807) is 11.3 Å². The maximum absolute atomic E-state index is 4.40. The van der Waals surface area contributed by atoms with Crippen molar-refractivity contribution in [1.29, 1.82) is 0 Å². The molecule has 0 amide bonds. The van der Waals surface area contributed by atoms with E-state index >= 15 is 0 Å². The molecule has 3 heterocycles. The van der Waals surface area contributed by atoms with Crippen LogP contribution >= 0.6 is 11.3 Å². The monoisotopic (exact) mass is 272 g/mol. The molecule has 5 heteroatoms. The van der Waals surface area contributed by atoms with Crippen LogP contribution in [0.2, 0.25) is 0 Å². The quantitative estimate of drug-likeness (QED) is 0.776. The maximum atomic E-state index is 4.40. The summed E-state index contributed by atoms with van der Waals surface area (Å²) in [5.41, 5.74) is 2.37. The first-order valence-electron chi connectivity index (χ1n) is 6.42. The van der Waals surface area contributed by atoms with Crippen molar-refractivity contribution in [2.75, 3.05) is 0 Å². The van der Waals surface area contributed by atoms with Gasteiger partial charge in [-0.1, -0.05) is 13.0 Å². The summed E-state index contributed by atoms with van der Waals surface area (Å²) in [5, 5.41) is 8.90. The van der Waals surface area contributed by atoms with Gasteiger partial charge in [0.25, 0.3) is 0 Å². The summed E-state index contributed by atoms with van der Waals surface area (Å²) >= 11 is 1.78. The zero-order valence-corrected chi connectivity index (χ0v) is 11.7. The van der Waals surface area contributed by atoms with E-state index in [1.165, 1.54) is 10.4 Å². The zero-order chi connectivity index (χ0) is 13.1. The fourth-order valence-electron chi connectivity index (χ4n) is 2.02. The molecule has 0 saturated carbocycles. The molecule has 3 aromatic heterocycles. The summed E-state index contributed by atoms with van der Waals surface area (Å²) in [6, 6.07) is 6.11. The average molecular weight is 272 g/mol. The molecule has 4 nitrogen and oxygen atoms in total. The SMILES string of the molecule is CCc1cnc(CNCc2cnn3ccccc23)s1. The van der Waals surface area contributed by atoms with Crippen LogP contribution in [-0.4, -0.2) is 14.6 Å². The summed E-state index contributed by atoms with van der Waals surface area (Å²) in [4.78, 5) is 5.74. The van der Waals surface area contributed by atoms with Crippen LogP contribution in [0.3, 0.4) is 0 Å². The predicted octanol–water partition coefficient (Wildman–Crippen LogP) is 2.64. The summed E-state index contributed by atoms with van der Waals surface area (Å²) in [7, 11) is 0. The molecular weight excluding hydrogens is 256 g/mol. The van der Waals surface area contributed by atoms with Gasteiger partial charge in [-0.25, -0.2) is 9.50 Å². The van der Waals surface area contributed by atoms with Crippen molar-refractivity contribution >= 4 is 16.9 Å². The molecule has 3 aromatic rings. The molecule has 0 atom stereocenters. The third-order valence-electron chi connectivity index (χ3n) is 3.05. The Hall–Kier alpha value is -1.72. The molecule has 0 aliphatic carbocycles. The minimum absolute atomic E-state index is 0.814. The topological polar surface area (TPSA) is 42.2 Å². The number of aryl methyl sites for hydroxylation is 1. The number of fused-ring (bicyclic) bond motifs is 1. The van der Waals surface area contributed by atoms with Gasteiger partial charge in [0.2, 0.25) is 0 Å². The summed E-state index contributed by atoms with van der Waals surface area (Å²) in [5.74, 6) is 0. The Morgan fingerprint density at radius 3 is 3.05 bits per heavy atom. The third-order valence-corrected chi connectivity index (χ3v) is 4.19. The van der Waals surface area contributed by atoms with Crippen LogP contribution in [0.15, 0.2) is 36.8 Å². The second-order valence-electron chi connectivity index (χ2n) is 4.38. The molecule has 19 heavy (non-hydrogen) atoms. The Kier molecular flexibility index (Phi) is 3.57. The average Bonchev–Trinajstić information content (AvgIpc) is 3.06. The number of aromatic nitrogens is 3. The molecule has 0 aliphatic rings. The molecule has 98 valence electrons. The zero-order valence-electron chi connectivity index (χ0n) is 10.8. The van der Waals surface area contributed by atoms with Crippen molar-refractivity contribution in [3.63, 3.8) is 0 Å². The van der Waals surface area contributed by atoms with Gasteiger partial charge in [-0.3, -0.25) is 0 Å². The minimum Gasteiger partial charge on any atom is -0.306 e. The van der Waals surface area contributed by atoms with Crippen molar-refractivity contribution in [2.24, 2.45) is 0 Å². The van der Waals surface area contributed by atoms with Gasteiger partial charge < -0.3 is 5.32 Å². The number of thiazole rings is 1. The second-order valence-corrected chi connectivity index (χ2v) is 5.58. The number of nitrogens with zero attached hydrogens (tertiary/aromatic N) is 3. The molecule has 0 saturated heterocycles. The molecule has 0 bridgehead atoms. The smallest absolute Gasteiger partial charge is 0.107 e. The first kappa shape index (κ1) is 12.3. The number of nitrogens with one attached hydrogen (secondary N) is 1. The van der Waals surface area contributed by atoms with E-state index in [0.717, 1.165) is 30.0 Å². The lowest BCUT2D eigenvalue weighted by molar-refractivity contribution is 0.693. The highest BCUT2D eigenvalue weighted by Gasteiger charge is 2.04. The van der Waals surface area contributed by atoms with Gasteiger partial charge in [0.05, 0.1) is 11.7 Å². The van der Waals surface area contributed by atoms with Crippen molar-refractivity contribution in [3.8, 4) is 0 Å². The van der Waals surface area contributed by atoms with Gasteiger partial charge in [-0.05, 0) is 18.6 Å². The van der Waals surface area contributed by atoms with Gasteiger partial charge in [0, 0.05) is 35.9 Å². The van der Waals surface area contributed by atoms with Crippen LogP contribution < -0.4 is 5.32 Å². The van der Waals surface area contributed by atoms with Crippen LogP contribution in [0, 0.1) is 0 Å². The lowest BCUT2D eigenvalue weighted by Gasteiger charge is -2.01. The summed E-state index contributed by atoms with van der Waals surface area (Å²) in [6.45, 7) is 3.78. The molecule has 0 radical (unpaired) electrons. The van der Waals surface area contributed by atoms with E-state index in [1.807, 2.05) is 35.2 Å². The lowest BCUT2D eigenvalue weighted by Crippen LogP contribution is -2.12. The summed E-state index contributed by atoms with van der Waals surface area (Å²) < 4.78 is 1.90. The molecule has 0 fully saturated rings. The van der Waals surface area contributed by atoms with Gasteiger partial charge >= 0.3 is 0 Å². The first-order chi connectivity index (χ1) is 9.36. The fraction of sp³-hybridized carbons (Fsp3) is 0.286. The molecule has 0 aromatic carbocycles.